The number of fused-ring (bicyclic) bond motifs is 5. The second-order valence-corrected chi connectivity index (χ2v) is 21.5. The Labute approximate surface area is 354 Å². The Kier molecular flexibility index (Phi) is 14.4. The molecule has 1 heterocycles. The van der Waals surface area contributed by atoms with E-state index in [4.69, 9.17) is 16.3 Å². The summed E-state index contributed by atoms with van der Waals surface area (Å²) in [5.74, 6) is 0.588. The number of unbranched alkanes of at least 4 members (excludes halogenated alkanes) is 1. The van der Waals surface area contributed by atoms with Crippen LogP contribution in [-0.2, 0) is 25.7 Å². The third kappa shape index (κ3) is 9.11. The highest BCUT2D eigenvalue weighted by molar-refractivity contribution is 6.30. The highest BCUT2D eigenvalue weighted by atomic mass is 35.5. The Morgan fingerprint density at radius 3 is 2.29 bits per heavy atom. The number of carbonyl (C=O) groups excluding carboxylic acids is 2. The standard InChI is InChI=1S/C47H75ClN4O6/c1-12-13-14-37(58-39(55)25-43(4,5)42(56)57)44(6,7)31-17-18-45(8)32(23-31)15-16-34-41-40(30(2)3)35(53)24-47(41,20-19-46(34,45)9)36(54)28-52(22-21-51(10)11)29-38-49-26-33(48)27-50-38/h26-27,30-32,34,36-37,54H,12-25,28-29H2,1-11H3,(H,56,57)/t31-,32-,34-,36+,37+,45-,46-,47+/m1/s1. The van der Waals surface area contributed by atoms with Gasteiger partial charge in [0.1, 0.15) is 11.9 Å². The third-order valence-electron chi connectivity index (χ3n) is 16.1. The van der Waals surface area contributed by atoms with E-state index in [9.17, 15) is 24.6 Å². The fourth-order valence-corrected chi connectivity index (χ4v) is 12.1. The van der Waals surface area contributed by atoms with Crippen LogP contribution in [0.1, 0.15) is 145 Å². The van der Waals surface area contributed by atoms with Crippen molar-refractivity contribution < 1.29 is 29.3 Å². The molecular weight excluding hydrogens is 752 g/mol. The number of likely N-dealkylation sites (N-methyl/N-ethyl adjacent to an activating group) is 1. The first-order chi connectivity index (χ1) is 27.0. The maximum atomic E-state index is 14.2. The summed E-state index contributed by atoms with van der Waals surface area (Å²) in [6.45, 7) is 21.7. The van der Waals surface area contributed by atoms with Gasteiger partial charge in [-0.05, 0) is 119 Å². The highest BCUT2D eigenvalue weighted by Crippen LogP contribution is 2.73. The normalized spacial score (nSPS) is 30.0. The molecular formula is C47H75ClN4O6. The zero-order chi connectivity index (χ0) is 43.0. The molecule has 4 aliphatic carbocycles. The largest absolute Gasteiger partial charge is 0.481 e. The zero-order valence-corrected chi connectivity index (χ0v) is 38.4. The van der Waals surface area contributed by atoms with E-state index in [1.807, 2.05) is 0 Å². The summed E-state index contributed by atoms with van der Waals surface area (Å²) in [6.07, 6.45) is 12.1. The summed E-state index contributed by atoms with van der Waals surface area (Å²) in [7, 11) is 4.10. The van der Waals surface area contributed by atoms with E-state index in [1.54, 1.807) is 26.2 Å². The average molecular weight is 828 g/mol. The molecule has 0 radical (unpaired) electrons. The monoisotopic (exact) mass is 827 g/mol. The Balaban J connectivity index is 1.41. The maximum Gasteiger partial charge on any atom is 0.309 e. The van der Waals surface area contributed by atoms with Gasteiger partial charge in [0.15, 0.2) is 5.78 Å². The number of aliphatic hydroxyl groups excluding tert-OH is 1. The van der Waals surface area contributed by atoms with Crippen LogP contribution in [0.3, 0.4) is 0 Å². The van der Waals surface area contributed by atoms with Gasteiger partial charge in [-0.15, -0.1) is 0 Å². The fourth-order valence-electron chi connectivity index (χ4n) is 12.0. The van der Waals surface area contributed by atoms with Gasteiger partial charge in [0.05, 0.1) is 29.5 Å². The van der Waals surface area contributed by atoms with Crippen LogP contribution in [0, 0.1) is 50.7 Å². The second-order valence-electron chi connectivity index (χ2n) is 21.1. The number of allylic oxidation sites excluding steroid dienone is 1. The summed E-state index contributed by atoms with van der Waals surface area (Å²) >= 11 is 6.11. The molecule has 0 amide bonds. The molecule has 58 heavy (non-hydrogen) atoms. The van der Waals surface area contributed by atoms with E-state index < -0.39 is 28.9 Å². The summed E-state index contributed by atoms with van der Waals surface area (Å²) in [5.41, 5.74) is 0.201. The average Bonchev–Trinajstić information content (AvgIpc) is 3.46. The van der Waals surface area contributed by atoms with Crippen molar-refractivity contribution in [1.29, 1.82) is 0 Å². The summed E-state index contributed by atoms with van der Waals surface area (Å²) < 4.78 is 6.26. The van der Waals surface area contributed by atoms with Crippen LogP contribution in [-0.4, -0.2) is 93.6 Å². The van der Waals surface area contributed by atoms with Crippen molar-refractivity contribution in [3.05, 3.63) is 34.4 Å². The number of hydrogen-bond acceptors (Lipinski definition) is 9. The van der Waals surface area contributed by atoms with Crippen molar-refractivity contribution >= 4 is 29.3 Å². The van der Waals surface area contributed by atoms with E-state index >= 15 is 0 Å². The van der Waals surface area contributed by atoms with Gasteiger partial charge in [-0.3, -0.25) is 19.3 Å². The zero-order valence-electron chi connectivity index (χ0n) is 37.6. The lowest BCUT2D eigenvalue weighted by Gasteiger charge is -2.67. The number of Topliss-reactive ketones (excluding diaryl/α,β-unsaturated/α-hetero) is 1. The molecule has 2 N–H and O–H groups in total. The first-order valence-corrected chi connectivity index (χ1v) is 22.6. The number of rotatable bonds is 18. The van der Waals surface area contributed by atoms with Gasteiger partial charge < -0.3 is 19.8 Å². The number of carboxylic acid groups (broad SMARTS) is 1. The third-order valence-corrected chi connectivity index (χ3v) is 16.3. The van der Waals surface area contributed by atoms with Crippen molar-refractivity contribution in [2.24, 2.45) is 50.7 Å². The smallest absolute Gasteiger partial charge is 0.309 e. The molecule has 326 valence electrons. The minimum Gasteiger partial charge on any atom is -0.481 e. The van der Waals surface area contributed by atoms with Gasteiger partial charge in [-0.1, -0.05) is 78.5 Å². The lowest BCUT2D eigenvalue weighted by molar-refractivity contribution is -0.174. The van der Waals surface area contributed by atoms with Crippen LogP contribution in [0.5, 0.6) is 0 Å². The molecule has 0 bridgehead atoms. The number of aliphatic hydroxyl groups is 1. The second kappa shape index (κ2) is 17.9. The minimum atomic E-state index is -1.18. The molecule has 4 aliphatic rings. The molecule has 0 aromatic carbocycles. The fraction of sp³-hybridized carbons (Fsp3) is 0.809. The number of ether oxygens (including phenoxy) is 1. The molecule has 0 unspecified atom stereocenters. The van der Waals surface area contributed by atoms with E-state index in [2.05, 4.69) is 82.3 Å². The summed E-state index contributed by atoms with van der Waals surface area (Å²) in [5, 5.41) is 22.8. The predicted molar refractivity (Wildman–Crippen MR) is 229 cm³/mol. The van der Waals surface area contributed by atoms with Gasteiger partial charge in [-0.2, -0.15) is 0 Å². The molecule has 10 nitrogen and oxygen atoms in total. The van der Waals surface area contributed by atoms with Gasteiger partial charge in [-0.25, -0.2) is 9.97 Å². The van der Waals surface area contributed by atoms with E-state index in [0.29, 0.717) is 42.2 Å². The Bertz CT molecular complexity index is 1680. The van der Waals surface area contributed by atoms with Crippen molar-refractivity contribution in [2.45, 2.75) is 158 Å². The van der Waals surface area contributed by atoms with Crippen LogP contribution in [0.25, 0.3) is 0 Å². The number of esters is 1. The van der Waals surface area contributed by atoms with Crippen molar-refractivity contribution in [2.75, 3.05) is 33.7 Å². The molecule has 0 aliphatic heterocycles. The van der Waals surface area contributed by atoms with Crippen LogP contribution < -0.4 is 0 Å². The number of carboxylic acids is 1. The molecule has 3 fully saturated rings. The summed E-state index contributed by atoms with van der Waals surface area (Å²) in [4.78, 5) is 52.7. The van der Waals surface area contributed by atoms with E-state index in [1.165, 1.54) is 5.57 Å². The molecule has 0 spiro atoms. The summed E-state index contributed by atoms with van der Waals surface area (Å²) in [6, 6.07) is 0. The molecule has 1 aromatic rings. The Morgan fingerprint density at radius 2 is 1.69 bits per heavy atom. The number of aromatic nitrogens is 2. The highest BCUT2D eigenvalue weighted by Gasteiger charge is 2.66. The number of halogens is 1. The quantitative estimate of drug-likeness (QED) is 0.138. The van der Waals surface area contributed by atoms with Gasteiger partial charge in [0.2, 0.25) is 0 Å². The van der Waals surface area contributed by atoms with Gasteiger partial charge in [0, 0.05) is 49.3 Å². The first-order valence-electron chi connectivity index (χ1n) is 22.2. The lowest BCUT2D eigenvalue weighted by atomic mass is 9.38. The van der Waals surface area contributed by atoms with Crippen LogP contribution in [0.15, 0.2) is 23.5 Å². The van der Waals surface area contributed by atoms with Crippen molar-refractivity contribution in [3.8, 4) is 0 Å². The first kappa shape index (κ1) is 46.7. The topological polar surface area (TPSA) is 133 Å². The SMILES string of the molecule is CCCC[C@H](OC(=O)CC(C)(C)C(=O)O)C(C)(C)[C@@H]1CC[C@]2(C)[C@H](CC[C@@H]3C4=C(C(C)C)C(=O)C[C@]4([C@@H](O)CN(CCN(C)C)Cc4ncc(Cl)cn4)CC[C@]32C)C1. The predicted octanol–water partition coefficient (Wildman–Crippen LogP) is 9.03. The van der Waals surface area contributed by atoms with E-state index in [0.717, 1.165) is 82.9 Å². The van der Waals surface area contributed by atoms with Crippen molar-refractivity contribution in [3.63, 3.8) is 0 Å². The minimum absolute atomic E-state index is 0.0351. The molecule has 1 aromatic heterocycles. The maximum absolute atomic E-state index is 14.2. The molecule has 0 saturated heterocycles. The number of hydrogen-bond donors (Lipinski definition) is 2. The molecule has 8 atom stereocenters. The molecule has 11 heteroatoms. The van der Waals surface area contributed by atoms with Gasteiger partial charge >= 0.3 is 11.9 Å². The number of carbonyl (C=O) groups is 3. The lowest BCUT2D eigenvalue weighted by Crippen LogP contribution is -2.60. The van der Waals surface area contributed by atoms with E-state index in [-0.39, 0.29) is 46.4 Å². The Hall–Kier alpha value is -2.40. The molecule has 5 rings (SSSR count). The number of aliphatic carboxylic acids is 1. The number of nitrogens with zero attached hydrogens (tertiary/aromatic N) is 4. The van der Waals surface area contributed by atoms with Crippen molar-refractivity contribution in [1.82, 2.24) is 19.8 Å². The Morgan fingerprint density at radius 1 is 1.02 bits per heavy atom. The van der Waals surface area contributed by atoms with Crippen LogP contribution in [0.4, 0.5) is 0 Å². The van der Waals surface area contributed by atoms with Gasteiger partial charge in [0.25, 0.3) is 0 Å². The van der Waals surface area contributed by atoms with Crippen LogP contribution >= 0.6 is 11.6 Å². The number of ketones is 1. The molecule has 3 saturated carbocycles. The van der Waals surface area contributed by atoms with Crippen LogP contribution in [0.2, 0.25) is 5.02 Å².